The quantitative estimate of drug-likeness (QED) is 0.844. The zero-order valence-electron chi connectivity index (χ0n) is 14.2. The molecule has 1 aromatic carbocycles. The van der Waals surface area contributed by atoms with Crippen molar-refractivity contribution in [2.24, 2.45) is 0 Å². The molecule has 0 bridgehead atoms. The number of benzene rings is 1. The van der Waals surface area contributed by atoms with Crippen molar-refractivity contribution in [1.29, 1.82) is 0 Å². The van der Waals surface area contributed by atoms with Gasteiger partial charge in [0.1, 0.15) is 0 Å². The van der Waals surface area contributed by atoms with Crippen molar-refractivity contribution in [3.63, 3.8) is 0 Å². The summed E-state index contributed by atoms with van der Waals surface area (Å²) >= 11 is 0. The van der Waals surface area contributed by atoms with Crippen molar-refractivity contribution in [1.82, 2.24) is 10.2 Å². The number of carbonyl (C=O) groups excluding carboxylic acids is 2. The number of hydrogen-bond acceptors (Lipinski definition) is 2. The molecule has 0 radical (unpaired) electrons. The summed E-state index contributed by atoms with van der Waals surface area (Å²) < 4.78 is 0. The molecule has 1 aliphatic heterocycles. The van der Waals surface area contributed by atoms with E-state index in [1.807, 2.05) is 35.2 Å². The zero-order valence-corrected chi connectivity index (χ0v) is 14.2. The number of amides is 2. The minimum atomic E-state index is -0.152. The summed E-state index contributed by atoms with van der Waals surface area (Å²) in [6.07, 6.45) is 9.02. The van der Waals surface area contributed by atoms with Crippen LogP contribution in [0.5, 0.6) is 0 Å². The van der Waals surface area contributed by atoms with Gasteiger partial charge in [-0.25, -0.2) is 0 Å². The highest BCUT2D eigenvalue weighted by molar-refractivity contribution is 5.88. The number of nitrogens with one attached hydrogen (secondary N) is 1. The van der Waals surface area contributed by atoms with E-state index in [1.165, 1.54) is 24.8 Å². The largest absolute Gasteiger partial charge is 0.344 e. The summed E-state index contributed by atoms with van der Waals surface area (Å²) in [4.78, 5) is 26.3. The van der Waals surface area contributed by atoms with Crippen LogP contribution >= 0.6 is 0 Å². The zero-order chi connectivity index (χ0) is 16.8. The van der Waals surface area contributed by atoms with E-state index < -0.39 is 0 Å². The Morgan fingerprint density at radius 3 is 2.50 bits per heavy atom. The normalized spacial score (nSPS) is 19.2. The number of nitrogens with zero attached hydrogens (tertiary/aromatic N) is 1. The van der Waals surface area contributed by atoms with Crippen molar-refractivity contribution in [3.8, 4) is 0 Å². The van der Waals surface area contributed by atoms with Gasteiger partial charge in [-0.15, -0.1) is 0 Å². The second kappa shape index (κ2) is 8.13. The number of allylic oxidation sites excluding steroid dienone is 1. The molecule has 0 unspecified atom stereocenters. The first-order chi connectivity index (χ1) is 11.7. The number of carbonyl (C=O) groups is 2. The van der Waals surface area contributed by atoms with Gasteiger partial charge < -0.3 is 10.2 Å². The second-order valence-corrected chi connectivity index (χ2v) is 6.78. The first-order valence-electron chi connectivity index (χ1n) is 9.05. The van der Waals surface area contributed by atoms with Crippen LogP contribution in [0.2, 0.25) is 0 Å². The molecule has 2 aliphatic rings. The Balaban J connectivity index is 1.69. The van der Waals surface area contributed by atoms with E-state index in [0.717, 1.165) is 31.4 Å². The van der Waals surface area contributed by atoms with E-state index in [2.05, 4.69) is 5.32 Å². The molecule has 2 fully saturated rings. The Kier molecular flexibility index (Phi) is 5.68. The molecular formula is C20H26N2O2. The van der Waals surface area contributed by atoms with Crippen LogP contribution in [0.1, 0.15) is 56.6 Å². The Bertz CT molecular complexity index is 601. The highest BCUT2D eigenvalue weighted by Crippen LogP contribution is 2.23. The fourth-order valence-electron chi connectivity index (χ4n) is 3.59. The molecule has 24 heavy (non-hydrogen) atoms. The summed E-state index contributed by atoms with van der Waals surface area (Å²) in [5.41, 5.74) is 2.30. The van der Waals surface area contributed by atoms with Crippen LogP contribution in [0.3, 0.4) is 0 Å². The van der Waals surface area contributed by atoms with Crippen LogP contribution in [0.25, 0.3) is 0 Å². The number of rotatable bonds is 5. The van der Waals surface area contributed by atoms with E-state index >= 15 is 0 Å². The van der Waals surface area contributed by atoms with Gasteiger partial charge in [0, 0.05) is 25.6 Å². The maximum Gasteiger partial charge on any atom is 0.244 e. The van der Waals surface area contributed by atoms with E-state index in [4.69, 9.17) is 0 Å². The lowest BCUT2D eigenvalue weighted by Gasteiger charge is -2.25. The van der Waals surface area contributed by atoms with E-state index in [9.17, 15) is 9.59 Å². The monoisotopic (exact) mass is 326 g/mol. The topological polar surface area (TPSA) is 49.4 Å². The molecule has 1 saturated heterocycles. The van der Waals surface area contributed by atoms with Crippen LogP contribution in [-0.2, 0) is 9.59 Å². The first kappa shape index (κ1) is 16.7. The molecule has 1 aromatic rings. The molecule has 1 saturated carbocycles. The van der Waals surface area contributed by atoms with Gasteiger partial charge in [-0.2, -0.15) is 0 Å². The maximum absolute atomic E-state index is 12.5. The van der Waals surface area contributed by atoms with E-state index in [0.29, 0.717) is 13.0 Å². The molecule has 128 valence electrons. The van der Waals surface area contributed by atoms with Crippen molar-refractivity contribution in [2.75, 3.05) is 13.1 Å². The summed E-state index contributed by atoms with van der Waals surface area (Å²) in [6.45, 7) is 1.34. The number of hydrogen-bond donors (Lipinski definition) is 1. The molecule has 4 heteroatoms. The maximum atomic E-state index is 12.5. The van der Waals surface area contributed by atoms with Crippen LogP contribution in [0, 0.1) is 0 Å². The van der Waals surface area contributed by atoms with Crippen LogP contribution in [0.4, 0.5) is 0 Å². The average Bonchev–Trinajstić information content (AvgIpc) is 3.01. The van der Waals surface area contributed by atoms with Crippen molar-refractivity contribution in [2.45, 2.75) is 51.0 Å². The van der Waals surface area contributed by atoms with Gasteiger partial charge in [0.25, 0.3) is 0 Å². The average molecular weight is 326 g/mol. The van der Waals surface area contributed by atoms with Gasteiger partial charge in [0.05, 0.1) is 6.04 Å². The summed E-state index contributed by atoms with van der Waals surface area (Å²) in [7, 11) is 0. The third kappa shape index (κ3) is 4.47. The van der Waals surface area contributed by atoms with E-state index in [-0.39, 0.29) is 17.9 Å². The van der Waals surface area contributed by atoms with Crippen LogP contribution in [0.15, 0.2) is 42.0 Å². The lowest BCUT2D eigenvalue weighted by molar-refractivity contribution is -0.128. The molecular weight excluding hydrogens is 300 g/mol. The van der Waals surface area contributed by atoms with Gasteiger partial charge in [-0.05, 0) is 37.7 Å². The Morgan fingerprint density at radius 2 is 1.83 bits per heavy atom. The molecule has 1 aliphatic carbocycles. The molecule has 1 atom stereocenters. The smallest absolute Gasteiger partial charge is 0.244 e. The van der Waals surface area contributed by atoms with Gasteiger partial charge >= 0.3 is 0 Å². The first-order valence-corrected chi connectivity index (χ1v) is 9.05. The van der Waals surface area contributed by atoms with Gasteiger partial charge in [0.15, 0.2) is 0 Å². The van der Waals surface area contributed by atoms with Crippen molar-refractivity contribution < 1.29 is 9.59 Å². The number of likely N-dealkylation sites (tertiary alicyclic amines) is 1. The van der Waals surface area contributed by atoms with Gasteiger partial charge in [0.2, 0.25) is 11.8 Å². The van der Waals surface area contributed by atoms with Crippen LogP contribution < -0.4 is 5.32 Å². The predicted octanol–water partition coefficient (Wildman–Crippen LogP) is 3.36. The Morgan fingerprint density at radius 1 is 1.08 bits per heavy atom. The minimum Gasteiger partial charge on any atom is -0.344 e. The molecule has 0 spiro atoms. The minimum absolute atomic E-state index is 0.0348. The molecule has 4 nitrogen and oxygen atoms in total. The third-order valence-electron chi connectivity index (χ3n) is 4.92. The lowest BCUT2D eigenvalue weighted by atomic mass is 9.94. The summed E-state index contributed by atoms with van der Waals surface area (Å²) in [5.74, 6) is 0.156. The highest BCUT2D eigenvalue weighted by Gasteiger charge is 2.25. The van der Waals surface area contributed by atoms with Gasteiger partial charge in [-0.1, -0.05) is 42.3 Å². The fraction of sp³-hybridized carbons (Fsp3) is 0.500. The standard InChI is InChI=1S/C20H26N2O2/c23-19(14-16-8-3-1-4-9-16)21-18(17-10-5-2-6-11-17)15-22-13-7-12-20(22)24/h2,5-6,10-11,14,18H,1,3-4,7-9,12-13,15H2,(H,21,23)/t18-/m0/s1. The molecule has 0 aromatic heterocycles. The molecule has 3 rings (SSSR count). The second-order valence-electron chi connectivity index (χ2n) is 6.78. The third-order valence-corrected chi connectivity index (χ3v) is 4.92. The van der Waals surface area contributed by atoms with E-state index in [1.54, 1.807) is 6.08 Å². The molecule has 1 heterocycles. The predicted molar refractivity (Wildman–Crippen MR) is 94.3 cm³/mol. The van der Waals surface area contributed by atoms with Crippen LogP contribution in [-0.4, -0.2) is 29.8 Å². The summed E-state index contributed by atoms with van der Waals surface area (Å²) in [6, 6.07) is 9.78. The van der Waals surface area contributed by atoms with Gasteiger partial charge in [-0.3, -0.25) is 9.59 Å². The van der Waals surface area contributed by atoms with Crippen molar-refractivity contribution >= 4 is 11.8 Å². The molecule has 1 N–H and O–H groups in total. The SMILES string of the molecule is O=C(C=C1CCCCC1)N[C@@H](CN1CCCC1=O)c1ccccc1. The van der Waals surface area contributed by atoms with Crippen molar-refractivity contribution in [3.05, 3.63) is 47.5 Å². The summed E-state index contributed by atoms with van der Waals surface area (Å²) in [5, 5.41) is 3.12. The Labute approximate surface area is 143 Å². The molecule has 2 amide bonds. The fourth-order valence-corrected chi connectivity index (χ4v) is 3.59. The Hall–Kier alpha value is -2.10. The lowest BCUT2D eigenvalue weighted by Crippen LogP contribution is -2.38. The highest BCUT2D eigenvalue weighted by atomic mass is 16.2.